The number of benzene rings is 1. The van der Waals surface area contributed by atoms with Crippen LogP contribution in [0.3, 0.4) is 0 Å². The zero-order valence-corrected chi connectivity index (χ0v) is 13.2. The number of carbonyl (C=O) groups is 2. The lowest BCUT2D eigenvalue weighted by Gasteiger charge is -2.21. The molecular formula is C13H17FN2O6S. The summed E-state index contributed by atoms with van der Waals surface area (Å²) in [5.41, 5.74) is 4.94. The van der Waals surface area contributed by atoms with Crippen LogP contribution in [0.5, 0.6) is 0 Å². The highest BCUT2D eigenvalue weighted by molar-refractivity contribution is 7.89. The van der Waals surface area contributed by atoms with Crippen LogP contribution >= 0.6 is 0 Å². The van der Waals surface area contributed by atoms with E-state index in [2.05, 4.69) is 4.74 Å². The minimum atomic E-state index is -4.22. The van der Waals surface area contributed by atoms with Crippen LogP contribution in [0.2, 0.25) is 0 Å². The third-order valence-electron chi connectivity index (χ3n) is 2.84. The molecule has 128 valence electrons. The van der Waals surface area contributed by atoms with Crippen LogP contribution in [0.4, 0.5) is 4.39 Å². The second kappa shape index (κ2) is 7.49. The number of aliphatic hydroxyl groups excluding tert-OH is 1. The number of hydrogen-bond donors (Lipinski definition) is 3. The average molecular weight is 348 g/mol. The lowest BCUT2D eigenvalue weighted by Crippen LogP contribution is -2.49. The van der Waals surface area contributed by atoms with Crippen LogP contribution in [0, 0.1) is 5.82 Å². The van der Waals surface area contributed by atoms with Crippen molar-refractivity contribution in [2.45, 2.75) is 37.0 Å². The standard InChI is InChI=1S/C13H17FN2O6S/c1-7(17)11(13(19)22-8(2)12(15)18)16-23(20,21)10-5-3-9(14)4-6-10/h3-8,11,16-17H,1-2H3,(H2,15,18)/t7-,8-,11+/m0/s1. The van der Waals surface area contributed by atoms with Crippen LogP contribution in [-0.2, 0) is 24.3 Å². The first kappa shape index (κ1) is 19.0. The number of hydrogen-bond acceptors (Lipinski definition) is 6. The summed E-state index contributed by atoms with van der Waals surface area (Å²) < 4.78 is 43.7. The van der Waals surface area contributed by atoms with Crippen LogP contribution < -0.4 is 10.5 Å². The van der Waals surface area contributed by atoms with E-state index >= 15 is 0 Å². The Morgan fingerprint density at radius 3 is 2.22 bits per heavy atom. The molecule has 1 amide bonds. The van der Waals surface area contributed by atoms with E-state index in [4.69, 9.17) is 5.73 Å². The Kier molecular flexibility index (Phi) is 6.19. The van der Waals surface area contributed by atoms with Crippen molar-refractivity contribution in [3.63, 3.8) is 0 Å². The first-order chi connectivity index (χ1) is 10.5. The molecule has 8 nitrogen and oxygen atoms in total. The minimum Gasteiger partial charge on any atom is -0.451 e. The average Bonchev–Trinajstić information content (AvgIpc) is 2.44. The molecule has 0 heterocycles. The van der Waals surface area contributed by atoms with Crippen molar-refractivity contribution in [1.29, 1.82) is 0 Å². The Bertz CT molecular complexity index is 674. The van der Waals surface area contributed by atoms with Crippen molar-refractivity contribution in [3.05, 3.63) is 30.1 Å². The van der Waals surface area contributed by atoms with E-state index in [1.165, 1.54) is 6.92 Å². The Balaban J connectivity index is 2.97. The summed E-state index contributed by atoms with van der Waals surface area (Å²) in [6.45, 7) is 2.36. The molecule has 0 saturated heterocycles. The smallest absolute Gasteiger partial charge is 0.327 e. The number of rotatable bonds is 7. The predicted octanol–water partition coefficient (Wildman–Crippen LogP) is -0.730. The van der Waals surface area contributed by atoms with Gasteiger partial charge in [0.1, 0.15) is 11.9 Å². The number of primary amides is 1. The molecule has 10 heteroatoms. The largest absolute Gasteiger partial charge is 0.451 e. The Morgan fingerprint density at radius 2 is 1.78 bits per heavy atom. The van der Waals surface area contributed by atoms with Gasteiger partial charge in [-0.15, -0.1) is 0 Å². The fourth-order valence-corrected chi connectivity index (χ4v) is 2.76. The van der Waals surface area contributed by atoms with E-state index in [1.54, 1.807) is 0 Å². The number of nitrogens with one attached hydrogen (secondary N) is 1. The number of esters is 1. The molecule has 23 heavy (non-hydrogen) atoms. The molecule has 0 spiro atoms. The van der Waals surface area contributed by atoms with Crippen LogP contribution in [0.15, 0.2) is 29.2 Å². The third kappa shape index (κ3) is 5.27. The van der Waals surface area contributed by atoms with E-state index < -0.39 is 46.0 Å². The van der Waals surface area contributed by atoms with E-state index in [0.717, 1.165) is 31.2 Å². The molecule has 0 unspecified atom stereocenters. The zero-order chi connectivity index (χ0) is 17.8. The zero-order valence-electron chi connectivity index (χ0n) is 12.4. The van der Waals surface area contributed by atoms with Crippen molar-refractivity contribution in [2.75, 3.05) is 0 Å². The highest BCUT2D eigenvalue weighted by Crippen LogP contribution is 2.12. The molecule has 1 aromatic rings. The molecule has 0 radical (unpaired) electrons. The van der Waals surface area contributed by atoms with Gasteiger partial charge >= 0.3 is 5.97 Å². The predicted molar refractivity (Wildman–Crippen MR) is 76.9 cm³/mol. The summed E-state index contributed by atoms with van der Waals surface area (Å²) in [6.07, 6.45) is -2.74. The van der Waals surface area contributed by atoms with Gasteiger partial charge in [-0.1, -0.05) is 0 Å². The van der Waals surface area contributed by atoms with Crippen molar-refractivity contribution in [1.82, 2.24) is 4.72 Å². The van der Waals surface area contributed by atoms with Gasteiger partial charge in [0.15, 0.2) is 6.10 Å². The van der Waals surface area contributed by atoms with Gasteiger partial charge in [0.25, 0.3) is 5.91 Å². The molecule has 0 saturated carbocycles. The highest BCUT2D eigenvalue weighted by atomic mass is 32.2. The lowest BCUT2D eigenvalue weighted by molar-refractivity contribution is -0.157. The summed E-state index contributed by atoms with van der Waals surface area (Å²) >= 11 is 0. The van der Waals surface area contributed by atoms with Crippen LogP contribution in [0.1, 0.15) is 13.8 Å². The number of sulfonamides is 1. The molecule has 1 aromatic carbocycles. The summed E-state index contributed by atoms with van der Waals surface area (Å²) in [5.74, 6) is -2.73. The quantitative estimate of drug-likeness (QED) is 0.556. The highest BCUT2D eigenvalue weighted by Gasteiger charge is 2.32. The molecule has 4 N–H and O–H groups in total. The van der Waals surface area contributed by atoms with Crippen LogP contribution in [0.25, 0.3) is 0 Å². The lowest BCUT2D eigenvalue weighted by atomic mass is 10.2. The maximum absolute atomic E-state index is 12.8. The topological polar surface area (TPSA) is 136 Å². The Labute approximate surface area is 132 Å². The molecule has 0 bridgehead atoms. The fourth-order valence-electron chi connectivity index (χ4n) is 1.50. The Morgan fingerprint density at radius 1 is 1.26 bits per heavy atom. The number of nitrogens with two attached hydrogens (primary N) is 1. The number of amides is 1. The van der Waals surface area contributed by atoms with Gasteiger partial charge < -0.3 is 15.6 Å². The van der Waals surface area contributed by atoms with Crippen molar-refractivity contribution < 1.29 is 32.2 Å². The summed E-state index contributed by atoms with van der Waals surface area (Å²) in [4.78, 5) is 22.5. The van der Waals surface area contributed by atoms with Gasteiger partial charge in [-0.3, -0.25) is 9.59 Å². The number of carbonyl (C=O) groups excluding carboxylic acids is 2. The molecule has 0 aliphatic rings. The molecule has 0 fully saturated rings. The molecule has 1 rings (SSSR count). The van der Waals surface area contributed by atoms with Gasteiger partial charge in [-0.2, -0.15) is 4.72 Å². The normalized spacial score (nSPS) is 15.5. The summed E-state index contributed by atoms with van der Waals surface area (Å²) in [5, 5.41) is 9.58. The monoisotopic (exact) mass is 348 g/mol. The van der Waals surface area contributed by atoms with Crippen molar-refractivity contribution >= 4 is 21.9 Å². The number of ether oxygens (including phenoxy) is 1. The van der Waals surface area contributed by atoms with Gasteiger partial charge in [-0.05, 0) is 38.1 Å². The molecule has 3 atom stereocenters. The maximum Gasteiger partial charge on any atom is 0.327 e. The van der Waals surface area contributed by atoms with E-state index in [9.17, 15) is 27.5 Å². The van der Waals surface area contributed by atoms with E-state index in [1.807, 2.05) is 4.72 Å². The first-order valence-electron chi connectivity index (χ1n) is 6.50. The summed E-state index contributed by atoms with van der Waals surface area (Å²) in [6, 6.07) is 2.19. The van der Waals surface area contributed by atoms with Gasteiger partial charge in [0.05, 0.1) is 11.0 Å². The Hall–Kier alpha value is -2.04. The van der Waals surface area contributed by atoms with E-state index in [0.29, 0.717) is 0 Å². The minimum absolute atomic E-state index is 0.305. The van der Waals surface area contributed by atoms with Crippen molar-refractivity contribution in [2.24, 2.45) is 5.73 Å². The second-order valence-electron chi connectivity index (χ2n) is 4.77. The summed E-state index contributed by atoms with van der Waals surface area (Å²) in [7, 11) is -4.22. The maximum atomic E-state index is 12.8. The van der Waals surface area contributed by atoms with Crippen LogP contribution in [-0.4, -0.2) is 43.7 Å². The molecular weight excluding hydrogens is 331 g/mol. The third-order valence-corrected chi connectivity index (χ3v) is 4.29. The van der Waals surface area contributed by atoms with E-state index in [-0.39, 0.29) is 4.90 Å². The van der Waals surface area contributed by atoms with Crippen molar-refractivity contribution in [3.8, 4) is 0 Å². The number of aliphatic hydroxyl groups is 1. The SMILES string of the molecule is C[C@H](OC(=O)[C@H](NS(=O)(=O)c1ccc(F)cc1)[C@H](C)O)C(N)=O. The number of halogens is 1. The first-order valence-corrected chi connectivity index (χ1v) is 7.98. The second-order valence-corrected chi connectivity index (χ2v) is 6.49. The van der Waals surface area contributed by atoms with Gasteiger partial charge in [0.2, 0.25) is 10.0 Å². The molecule has 0 aromatic heterocycles. The van der Waals surface area contributed by atoms with Gasteiger partial charge in [-0.25, -0.2) is 12.8 Å². The molecule has 0 aliphatic heterocycles. The fraction of sp³-hybridized carbons (Fsp3) is 0.385. The van der Waals surface area contributed by atoms with Gasteiger partial charge in [0, 0.05) is 0 Å². The molecule has 0 aliphatic carbocycles.